The van der Waals surface area contributed by atoms with Crippen LogP contribution in [0.15, 0.2) is 36.4 Å². The molecule has 3 aromatic rings. The molecule has 1 N–H and O–H groups in total. The summed E-state index contributed by atoms with van der Waals surface area (Å²) in [7, 11) is 0. The summed E-state index contributed by atoms with van der Waals surface area (Å²) in [6, 6.07) is 10.6. The summed E-state index contributed by atoms with van der Waals surface area (Å²) in [6.45, 7) is 13.8. The van der Waals surface area contributed by atoms with Crippen molar-refractivity contribution in [3.63, 3.8) is 0 Å². The number of benzene rings is 2. The molecule has 0 spiro atoms. The van der Waals surface area contributed by atoms with Crippen molar-refractivity contribution in [3.05, 3.63) is 52.0 Å². The Morgan fingerprint density at radius 1 is 1.00 bits per heavy atom. The van der Waals surface area contributed by atoms with E-state index in [4.69, 9.17) is 23.2 Å². The first kappa shape index (κ1) is 25.2. The highest BCUT2D eigenvalue weighted by Crippen LogP contribution is 2.33. The second kappa shape index (κ2) is 13.3. The Labute approximate surface area is 173 Å². The minimum absolute atomic E-state index is 0.0128. The predicted octanol–water partition coefficient (Wildman–Crippen LogP) is 8.21. The first-order valence-electron chi connectivity index (χ1n) is 9.43. The Bertz CT molecular complexity index is 821. The molecule has 0 aliphatic rings. The molecule has 0 radical (unpaired) electrons. The number of carbonyl (C=O) groups excluding carboxylic acids is 1. The van der Waals surface area contributed by atoms with Gasteiger partial charge in [0, 0.05) is 5.56 Å². The molecule has 0 fully saturated rings. The van der Waals surface area contributed by atoms with Gasteiger partial charge in [-0.25, -0.2) is 4.98 Å². The standard InChI is InChI=1S/C15H10Cl2N2O.C3H8.2C2H6/c1-8(20)9-5-6-12-13(7-9)19-15(18-12)14-10(16)3-2-4-11(14)17;1-3-2;2*1-2/h2-7H,1H3,(H,18,19);3H2,1-2H3;2*1-2H3. The zero-order chi connectivity index (χ0) is 21.0. The summed E-state index contributed by atoms with van der Waals surface area (Å²) in [5, 5.41) is 1.06. The van der Waals surface area contributed by atoms with E-state index < -0.39 is 0 Å². The number of halogens is 2. The van der Waals surface area contributed by atoms with E-state index in [9.17, 15) is 4.79 Å². The molecule has 0 atom stereocenters. The van der Waals surface area contributed by atoms with Crippen molar-refractivity contribution in [2.75, 3.05) is 0 Å². The van der Waals surface area contributed by atoms with Gasteiger partial charge in [-0.15, -0.1) is 0 Å². The van der Waals surface area contributed by atoms with Gasteiger partial charge in [-0.2, -0.15) is 0 Å². The van der Waals surface area contributed by atoms with Crippen LogP contribution in [0.4, 0.5) is 0 Å². The maximum absolute atomic E-state index is 11.4. The van der Waals surface area contributed by atoms with E-state index in [1.165, 1.54) is 13.3 Å². The third kappa shape index (κ3) is 7.00. The zero-order valence-corrected chi connectivity index (χ0v) is 18.8. The van der Waals surface area contributed by atoms with E-state index in [2.05, 4.69) is 23.8 Å². The molecule has 0 unspecified atom stereocenters. The number of fused-ring (bicyclic) bond motifs is 1. The summed E-state index contributed by atoms with van der Waals surface area (Å²) < 4.78 is 0. The highest BCUT2D eigenvalue weighted by Gasteiger charge is 2.13. The molecule has 2 aromatic carbocycles. The lowest BCUT2D eigenvalue weighted by molar-refractivity contribution is 0.101. The normalized spacial score (nSPS) is 9.22. The van der Waals surface area contributed by atoms with E-state index in [1.54, 1.807) is 36.4 Å². The molecular formula is C22H30Cl2N2O. The number of H-pyrrole nitrogens is 1. The summed E-state index contributed by atoms with van der Waals surface area (Å²) in [5.74, 6) is 0.607. The summed E-state index contributed by atoms with van der Waals surface area (Å²) in [4.78, 5) is 19.0. The van der Waals surface area contributed by atoms with Gasteiger partial charge in [-0.05, 0) is 37.3 Å². The molecule has 27 heavy (non-hydrogen) atoms. The molecule has 0 amide bonds. The molecule has 3 rings (SSSR count). The lowest BCUT2D eigenvalue weighted by atomic mass is 10.1. The number of carbonyl (C=O) groups is 1. The van der Waals surface area contributed by atoms with Crippen LogP contribution in [0.2, 0.25) is 10.0 Å². The molecule has 0 bridgehead atoms. The maximum atomic E-state index is 11.4. The maximum Gasteiger partial charge on any atom is 0.159 e. The zero-order valence-electron chi connectivity index (χ0n) is 17.3. The van der Waals surface area contributed by atoms with Crippen LogP contribution in [-0.2, 0) is 0 Å². The lowest BCUT2D eigenvalue weighted by Gasteiger charge is -2.02. The van der Waals surface area contributed by atoms with Gasteiger partial charge in [-0.3, -0.25) is 4.79 Å². The molecule has 1 aromatic heterocycles. The van der Waals surface area contributed by atoms with Crippen molar-refractivity contribution in [2.24, 2.45) is 0 Å². The minimum Gasteiger partial charge on any atom is -0.338 e. The molecule has 0 saturated carbocycles. The number of hydrogen-bond donors (Lipinski definition) is 1. The molecule has 148 valence electrons. The number of nitrogens with one attached hydrogen (secondary N) is 1. The summed E-state index contributed by atoms with van der Waals surface area (Å²) in [5.41, 5.74) is 2.85. The molecule has 0 aliphatic carbocycles. The van der Waals surface area contributed by atoms with Gasteiger partial charge >= 0.3 is 0 Å². The average Bonchev–Trinajstić information content (AvgIpc) is 3.08. The van der Waals surface area contributed by atoms with Crippen LogP contribution in [0.1, 0.15) is 65.2 Å². The number of rotatable bonds is 2. The van der Waals surface area contributed by atoms with Crippen molar-refractivity contribution in [1.82, 2.24) is 9.97 Å². The van der Waals surface area contributed by atoms with Gasteiger partial charge in [0.25, 0.3) is 0 Å². The minimum atomic E-state index is 0.0128. The van der Waals surface area contributed by atoms with Gasteiger partial charge in [0.05, 0.1) is 26.6 Å². The first-order chi connectivity index (χ1) is 13.0. The number of aromatic nitrogens is 2. The van der Waals surface area contributed by atoms with Crippen LogP contribution in [0.25, 0.3) is 22.4 Å². The third-order valence-corrected chi connectivity index (χ3v) is 3.72. The molecule has 5 heteroatoms. The fourth-order valence-electron chi connectivity index (χ4n) is 2.07. The number of ketones is 1. The van der Waals surface area contributed by atoms with Gasteiger partial charge in [0.2, 0.25) is 0 Å². The fraction of sp³-hybridized carbons (Fsp3) is 0.364. The molecular weight excluding hydrogens is 379 g/mol. The van der Waals surface area contributed by atoms with Gasteiger partial charge in [0.1, 0.15) is 5.82 Å². The first-order valence-corrected chi connectivity index (χ1v) is 10.2. The van der Waals surface area contributed by atoms with Gasteiger partial charge < -0.3 is 4.98 Å². The van der Waals surface area contributed by atoms with Crippen LogP contribution >= 0.6 is 23.2 Å². The molecule has 0 saturated heterocycles. The highest BCUT2D eigenvalue weighted by molar-refractivity contribution is 6.39. The van der Waals surface area contributed by atoms with Crippen LogP contribution in [0.5, 0.6) is 0 Å². The second-order valence-corrected chi connectivity index (χ2v) is 5.99. The Kier molecular flexibility index (Phi) is 12.4. The summed E-state index contributed by atoms with van der Waals surface area (Å²) >= 11 is 12.3. The predicted molar refractivity (Wildman–Crippen MR) is 120 cm³/mol. The fourth-order valence-corrected chi connectivity index (χ4v) is 2.65. The Hall–Kier alpha value is -1.84. The number of hydrogen-bond acceptors (Lipinski definition) is 2. The Morgan fingerprint density at radius 2 is 1.52 bits per heavy atom. The van der Waals surface area contributed by atoms with E-state index >= 15 is 0 Å². The third-order valence-electron chi connectivity index (χ3n) is 3.09. The van der Waals surface area contributed by atoms with E-state index in [0.717, 1.165) is 11.0 Å². The SMILES string of the molecule is CC.CC.CC(=O)c1ccc2nc(-c3c(Cl)cccc3Cl)[nH]c2c1.CCC. The van der Waals surface area contributed by atoms with Crippen molar-refractivity contribution in [2.45, 2.75) is 54.9 Å². The van der Waals surface area contributed by atoms with Crippen molar-refractivity contribution >= 4 is 40.0 Å². The molecule has 1 heterocycles. The van der Waals surface area contributed by atoms with Crippen LogP contribution in [0, 0.1) is 0 Å². The van der Waals surface area contributed by atoms with Gasteiger partial charge in [0.15, 0.2) is 5.78 Å². The molecule has 3 nitrogen and oxygen atoms in total. The number of aromatic amines is 1. The Balaban J connectivity index is 0.000000860. The topological polar surface area (TPSA) is 45.8 Å². The van der Waals surface area contributed by atoms with E-state index in [-0.39, 0.29) is 5.78 Å². The number of nitrogens with zero attached hydrogens (tertiary/aromatic N) is 1. The van der Waals surface area contributed by atoms with Crippen LogP contribution in [0.3, 0.4) is 0 Å². The van der Waals surface area contributed by atoms with Crippen molar-refractivity contribution in [1.29, 1.82) is 0 Å². The lowest BCUT2D eigenvalue weighted by Crippen LogP contribution is -1.90. The quantitative estimate of drug-likeness (QED) is 0.434. The van der Waals surface area contributed by atoms with E-state index in [1.807, 2.05) is 27.7 Å². The van der Waals surface area contributed by atoms with E-state index in [0.29, 0.717) is 27.0 Å². The van der Waals surface area contributed by atoms with Crippen LogP contribution in [-0.4, -0.2) is 15.8 Å². The van der Waals surface area contributed by atoms with Crippen LogP contribution < -0.4 is 0 Å². The molecule has 0 aliphatic heterocycles. The highest BCUT2D eigenvalue weighted by atomic mass is 35.5. The number of Topliss-reactive ketones (excluding diaryl/α,β-unsaturated/α-hetero) is 1. The monoisotopic (exact) mass is 408 g/mol. The average molecular weight is 409 g/mol. The van der Waals surface area contributed by atoms with Crippen molar-refractivity contribution < 1.29 is 4.79 Å². The second-order valence-electron chi connectivity index (χ2n) is 5.18. The number of imidazole rings is 1. The summed E-state index contributed by atoms with van der Waals surface area (Å²) in [6.07, 6.45) is 1.25. The van der Waals surface area contributed by atoms with Gasteiger partial charge in [-0.1, -0.05) is 77.2 Å². The smallest absolute Gasteiger partial charge is 0.159 e. The largest absolute Gasteiger partial charge is 0.338 e. The Morgan fingerprint density at radius 3 is 2.00 bits per heavy atom. The van der Waals surface area contributed by atoms with Crippen molar-refractivity contribution in [3.8, 4) is 11.4 Å².